The van der Waals surface area contributed by atoms with Gasteiger partial charge in [-0.15, -0.1) is 0 Å². The third-order valence-corrected chi connectivity index (χ3v) is 2.79. The lowest BCUT2D eigenvalue weighted by atomic mass is 9.94. The third kappa shape index (κ3) is 5.01. The number of likely N-dealkylation sites (tertiary alicyclic amines) is 1. The molecule has 2 amide bonds. The minimum atomic E-state index is -1.13. The van der Waals surface area contributed by atoms with Gasteiger partial charge in [0.1, 0.15) is 0 Å². The second-order valence-electron chi connectivity index (χ2n) is 4.39. The van der Waals surface area contributed by atoms with Gasteiger partial charge in [-0.25, -0.2) is 15.1 Å². The molecule has 1 fully saturated rings. The van der Waals surface area contributed by atoms with Crippen LogP contribution in [0.3, 0.4) is 0 Å². The van der Waals surface area contributed by atoms with Gasteiger partial charge in [-0.1, -0.05) is 6.92 Å². The van der Waals surface area contributed by atoms with E-state index < -0.39 is 18.6 Å². The monoisotopic (exact) mass is 245 g/mol. The van der Waals surface area contributed by atoms with Crippen LogP contribution in [0.5, 0.6) is 0 Å². The standard InChI is InChI=1S/C10H19N3O4/c1-7-5-13(2)4-3-8(7)11-10(16)12-17-6-9(14)15/h7-8H,3-6H2,1-2H3,(H,14,15)(H2,11,12,16). The van der Waals surface area contributed by atoms with Crippen LogP contribution >= 0.6 is 0 Å². The van der Waals surface area contributed by atoms with Crippen LogP contribution in [0.1, 0.15) is 13.3 Å². The molecular weight excluding hydrogens is 226 g/mol. The summed E-state index contributed by atoms with van der Waals surface area (Å²) >= 11 is 0. The fourth-order valence-electron chi connectivity index (χ4n) is 1.93. The number of hydrogen-bond donors (Lipinski definition) is 3. The molecule has 3 N–H and O–H groups in total. The first kappa shape index (κ1) is 13.7. The Balaban J connectivity index is 2.23. The first-order chi connectivity index (χ1) is 7.99. The summed E-state index contributed by atoms with van der Waals surface area (Å²) in [7, 11) is 2.04. The average Bonchev–Trinajstić information content (AvgIpc) is 2.21. The van der Waals surface area contributed by atoms with Crippen molar-refractivity contribution >= 4 is 12.0 Å². The van der Waals surface area contributed by atoms with E-state index in [0.717, 1.165) is 19.5 Å². The summed E-state index contributed by atoms with van der Waals surface area (Å²) in [5.41, 5.74) is 2.05. The number of amides is 2. The lowest BCUT2D eigenvalue weighted by Crippen LogP contribution is -2.51. The first-order valence-corrected chi connectivity index (χ1v) is 5.57. The van der Waals surface area contributed by atoms with E-state index in [9.17, 15) is 9.59 Å². The summed E-state index contributed by atoms with van der Waals surface area (Å²) < 4.78 is 0. The zero-order chi connectivity index (χ0) is 12.8. The van der Waals surface area contributed by atoms with Crippen LogP contribution in [0.4, 0.5) is 4.79 Å². The molecule has 0 aromatic heterocycles. The smallest absolute Gasteiger partial charge is 0.338 e. The van der Waals surface area contributed by atoms with E-state index >= 15 is 0 Å². The van der Waals surface area contributed by atoms with Crippen molar-refractivity contribution < 1.29 is 19.5 Å². The summed E-state index contributed by atoms with van der Waals surface area (Å²) in [5.74, 6) is -0.767. The lowest BCUT2D eigenvalue weighted by molar-refractivity contribution is -0.144. The molecule has 0 aliphatic carbocycles. The molecule has 2 atom stereocenters. The van der Waals surface area contributed by atoms with Crippen LogP contribution in [-0.4, -0.2) is 54.8 Å². The van der Waals surface area contributed by atoms with Gasteiger partial charge in [0.15, 0.2) is 6.61 Å². The van der Waals surface area contributed by atoms with E-state index in [1.807, 2.05) is 12.5 Å². The summed E-state index contributed by atoms with van der Waals surface area (Å²) in [6.45, 7) is 3.39. The minimum absolute atomic E-state index is 0.0969. The van der Waals surface area contributed by atoms with Crippen molar-refractivity contribution in [3.05, 3.63) is 0 Å². The molecule has 0 saturated carbocycles. The molecule has 0 aromatic carbocycles. The molecule has 0 aromatic rings. The molecule has 1 aliphatic rings. The summed E-state index contributed by atoms with van der Waals surface area (Å²) in [6, 6.07) is -0.396. The van der Waals surface area contributed by atoms with Crippen molar-refractivity contribution in [1.29, 1.82) is 0 Å². The molecule has 7 nitrogen and oxygen atoms in total. The number of nitrogens with zero attached hydrogens (tertiary/aromatic N) is 1. The first-order valence-electron chi connectivity index (χ1n) is 5.57. The van der Waals surface area contributed by atoms with Gasteiger partial charge in [-0.2, -0.15) is 0 Å². The van der Waals surface area contributed by atoms with Crippen molar-refractivity contribution in [1.82, 2.24) is 15.7 Å². The molecule has 17 heavy (non-hydrogen) atoms. The molecule has 2 unspecified atom stereocenters. The molecule has 1 aliphatic heterocycles. The Labute approximate surface area is 100 Å². The Morgan fingerprint density at radius 2 is 2.24 bits per heavy atom. The number of urea groups is 1. The molecule has 1 rings (SSSR count). The fourth-order valence-corrected chi connectivity index (χ4v) is 1.93. The Morgan fingerprint density at radius 1 is 1.53 bits per heavy atom. The SMILES string of the molecule is CC1CN(C)CCC1NC(=O)NOCC(=O)O. The van der Waals surface area contributed by atoms with E-state index in [1.165, 1.54) is 0 Å². The lowest BCUT2D eigenvalue weighted by Gasteiger charge is -2.35. The van der Waals surface area contributed by atoms with Crippen molar-refractivity contribution in [2.24, 2.45) is 5.92 Å². The van der Waals surface area contributed by atoms with Gasteiger partial charge in [0.2, 0.25) is 0 Å². The van der Waals surface area contributed by atoms with Gasteiger partial charge in [-0.05, 0) is 25.9 Å². The predicted octanol–water partition coefficient (Wildman–Crippen LogP) is -0.358. The Kier molecular flexibility index (Phi) is 5.17. The molecular formula is C10H19N3O4. The topological polar surface area (TPSA) is 90.9 Å². The highest BCUT2D eigenvalue weighted by Crippen LogP contribution is 2.14. The predicted molar refractivity (Wildman–Crippen MR) is 60.3 cm³/mol. The fraction of sp³-hybridized carbons (Fsp3) is 0.800. The van der Waals surface area contributed by atoms with Crippen LogP contribution < -0.4 is 10.8 Å². The molecule has 0 spiro atoms. The van der Waals surface area contributed by atoms with Gasteiger partial charge >= 0.3 is 12.0 Å². The van der Waals surface area contributed by atoms with Crippen molar-refractivity contribution in [3.8, 4) is 0 Å². The van der Waals surface area contributed by atoms with E-state index in [4.69, 9.17) is 5.11 Å². The zero-order valence-corrected chi connectivity index (χ0v) is 10.1. The molecule has 0 bridgehead atoms. The van der Waals surface area contributed by atoms with Crippen molar-refractivity contribution in [3.63, 3.8) is 0 Å². The number of carboxylic acids is 1. The van der Waals surface area contributed by atoms with Crippen LogP contribution in [0, 0.1) is 5.92 Å². The molecule has 1 heterocycles. The Bertz CT molecular complexity index is 285. The quantitative estimate of drug-likeness (QED) is 0.588. The zero-order valence-electron chi connectivity index (χ0n) is 10.1. The van der Waals surface area contributed by atoms with E-state index in [1.54, 1.807) is 0 Å². The van der Waals surface area contributed by atoms with E-state index in [2.05, 4.69) is 22.0 Å². The number of carbonyl (C=O) groups is 2. The van der Waals surface area contributed by atoms with Crippen LogP contribution in [0.15, 0.2) is 0 Å². The molecule has 98 valence electrons. The molecule has 1 saturated heterocycles. The van der Waals surface area contributed by atoms with E-state index in [0.29, 0.717) is 5.92 Å². The largest absolute Gasteiger partial charge is 0.479 e. The summed E-state index contributed by atoms with van der Waals surface area (Å²) in [6.07, 6.45) is 0.879. The van der Waals surface area contributed by atoms with Crippen LogP contribution in [0.25, 0.3) is 0 Å². The third-order valence-electron chi connectivity index (χ3n) is 2.79. The number of rotatable bonds is 4. The normalized spacial score (nSPS) is 25.3. The maximum absolute atomic E-state index is 11.4. The molecule has 7 heteroatoms. The van der Waals surface area contributed by atoms with Gasteiger partial charge in [0.05, 0.1) is 0 Å². The maximum atomic E-state index is 11.4. The van der Waals surface area contributed by atoms with Gasteiger partial charge in [0.25, 0.3) is 0 Å². The minimum Gasteiger partial charge on any atom is -0.479 e. The summed E-state index contributed by atoms with van der Waals surface area (Å²) in [4.78, 5) is 28.2. The van der Waals surface area contributed by atoms with Crippen LogP contribution in [-0.2, 0) is 9.63 Å². The maximum Gasteiger partial charge on any atom is 0.338 e. The average molecular weight is 245 g/mol. The second-order valence-corrected chi connectivity index (χ2v) is 4.39. The number of hydroxylamine groups is 1. The second kappa shape index (κ2) is 6.41. The van der Waals surface area contributed by atoms with Crippen molar-refractivity contribution in [2.45, 2.75) is 19.4 Å². The number of hydrogen-bond acceptors (Lipinski definition) is 4. The highest BCUT2D eigenvalue weighted by Gasteiger charge is 2.25. The van der Waals surface area contributed by atoms with Gasteiger partial charge in [-0.3, -0.25) is 4.84 Å². The van der Waals surface area contributed by atoms with Gasteiger partial charge in [0, 0.05) is 12.6 Å². The van der Waals surface area contributed by atoms with Crippen LogP contribution in [0.2, 0.25) is 0 Å². The Hall–Kier alpha value is -1.34. The van der Waals surface area contributed by atoms with E-state index in [-0.39, 0.29) is 6.04 Å². The Morgan fingerprint density at radius 3 is 2.82 bits per heavy atom. The highest BCUT2D eigenvalue weighted by molar-refractivity contribution is 5.73. The number of carbonyl (C=O) groups excluding carboxylic acids is 1. The number of nitrogens with one attached hydrogen (secondary N) is 2. The number of carboxylic acid groups (broad SMARTS) is 1. The summed E-state index contributed by atoms with van der Waals surface area (Å²) in [5, 5.41) is 11.1. The van der Waals surface area contributed by atoms with Crippen molar-refractivity contribution in [2.75, 3.05) is 26.7 Å². The van der Waals surface area contributed by atoms with Gasteiger partial charge < -0.3 is 15.3 Å². The number of aliphatic carboxylic acids is 1. The molecule has 0 radical (unpaired) electrons. The number of piperidine rings is 1. The highest BCUT2D eigenvalue weighted by atomic mass is 16.7.